The number of fused-ring (bicyclic) bond motifs is 3. The molecule has 0 bridgehead atoms. The normalized spacial score (nSPS) is 24.3. The Morgan fingerprint density at radius 1 is 1.00 bits per heavy atom. The molecule has 0 aliphatic carbocycles. The topological polar surface area (TPSA) is 151 Å². The Morgan fingerprint density at radius 3 is 2.40 bits per heavy atom. The summed E-state index contributed by atoms with van der Waals surface area (Å²) in [6, 6.07) is 3.41. The number of aromatic hydroxyl groups is 1. The minimum Gasteiger partial charge on any atom is -0.506 e. The first-order valence-corrected chi connectivity index (χ1v) is 10.4. The number of aliphatic hydroxyl groups excluding tert-OH is 3. The second-order valence-corrected chi connectivity index (χ2v) is 8.51. The molecule has 5 rings (SSSR count). The summed E-state index contributed by atoms with van der Waals surface area (Å²) in [5.41, 5.74) is 1.92. The molecule has 3 aromatic heterocycles. The van der Waals surface area contributed by atoms with Gasteiger partial charge in [-0.1, -0.05) is 0 Å². The van der Waals surface area contributed by atoms with E-state index in [1.54, 1.807) is 16.5 Å². The van der Waals surface area contributed by atoms with Gasteiger partial charge in [-0.25, -0.2) is 9.97 Å². The Bertz CT molecular complexity index is 1250. The Labute approximate surface area is 184 Å². The van der Waals surface area contributed by atoms with E-state index in [1.807, 2.05) is 0 Å². The standard InChI is InChI=1S/C17H14Br2N6O5/c18-7-1-6(2-8(19)11(7)27)14-22-23-16-10-15(21-5-24(14)16)25(4-20-10)17-13(29)12(28)9(3-26)30-17/h1-2,4-5,9,12-13,17,26-29H,3H2/t9-,12-,13-,17-/m1/s1. The number of rotatable bonds is 3. The molecule has 4 aromatic rings. The molecule has 4 heterocycles. The Hall–Kier alpha value is -2.16. The number of nitrogens with zero attached hydrogens (tertiary/aromatic N) is 6. The third-order valence-corrected chi connectivity index (χ3v) is 6.25. The van der Waals surface area contributed by atoms with Crippen molar-refractivity contribution in [3.63, 3.8) is 0 Å². The molecular weight excluding hydrogens is 528 g/mol. The molecule has 1 saturated heterocycles. The van der Waals surface area contributed by atoms with Crippen LogP contribution in [-0.4, -0.2) is 74.5 Å². The maximum atomic E-state index is 10.3. The highest BCUT2D eigenvalue weighted by Gasteiger charge is 2.44. The van der Waals surface area contributed by atoms with Crippen LogP contribution in [0.5, 0.6) is 5.75 Å². The summed E-state index contributed by atoms with van der Waals surface area (Å²) in [5.74, 6) is 0.564. The number of ether oxygens (including phenoxy) is 1. The lowest BCUT2D eigenvalue weighted by atomic mass is 10.1. The molecule has 0 spiro atoms. The predicted octanol–water partition coefficient (Wildman–Crippen LogP) is 0.983. The number of imidazole rings is 1. The highest BCUT2D eigenvalue weighted by Crippen LogP contribution is 2.37. The van der Waals surface area contributed by atoms with Crippen molar-refractivity contribution in [1.29, 1.82) is 0 Å². The van der Waals surface area contributed by atoms with Crippen LogP contribution in [0.1, 0.15) is 6.23 Å². The monoisotopic (exact) mass is 540 g/mol. The van der Waals surface area contributed by atoms with Crippen LogP contribution in [-0.2, 0) is 4.74 Å². The molecule has 13 heteroatoms. The van der Waals surface area contributed by atoms with E-state index in [-0.39, 0.29) is 5.75 Å². The average Bonchev–Trinajstić information content (AvgIpc) is 3.41. The van der Waals surface area contributed by atoms with Crippen LogP contribution in [0.25, 0.3) is 28.2 Å². The number of halogens is 2. The highest BCUT2D eigenvalue weighted by molar-refractivity contribution is 9.11. The third kappa shape index (κ3) is 2.85. The lowest BCUT2D eigenvalue weighted by molar-refractivity contribution is -0.0511. The average molecular weight is 542 g/mol. The quantitative estimate of drug-likeness (QED) is 0.297. The van der Waals surface area contributed by atoms with Crippen molar-refractivity contribution >= 4 is 48.7 Å². The van der Waals surface area contributed by atoms with Gasteiger partial charge in [0.05, 0.1) is 21.9 Å². The van der Waals surface area contributed by atoms with Gasteiger partial charge in [0, 0.05) is 5.56 Å². The molecule has 30 heavy (non-hydrogen) atoms. The van der Waals surface area contributed by atoms with Crippen LogP contribution in [0.15, 0.2) is 33.7 Å². The van der Waals surface area contributed by atoms with Crippen LogP contribution in [0.3, 0.4) is 0 Å². The molecule has 0 radical (unpaired) electrons. The zero-order chi connectivity index (χ0) is 21.2. The molecule has 4 atom stereocenters. The fourth-order valence-electron chi connectivity index (χ4n) is 3.50. The van der Waals surface area contributed by atoms with E-state index in [2.05, 4.69) is 52.0 Å². The van der Waals surface area contributed by atoms with Crippen LogP contribution < -0.4 is 0 Å². The van der Waals surface area contributed by atoms with Gasteiger partial charge in [0.15, 0.2) is 28.9 Å². The Balaban J connectivity index is 1.62. The lowest BCUT2D eigenvalue weighted by Gasteiger charge is -2.16. The molecule has 4 N–H and O–H groups in total. The molecule has 1 aromatic carbocycles. The number of aliphatic hydroxyl groups is 3. The van der Waals surface area contributed by atoms with E-state index in [0.29, 0.717) is 37.1 Å². The van der Waals surface area contributed by atoms with Gasteiger partial charge in [0.1, 0.15) is 30.4 Å². The summed E-state index contributed by atoms with van der Waals surface area (Å²) in [7, 11) is 0. The summed E-state index contributed by atoms with van der Waals surface area (Å²) < 4.78 is 9.69. The summed E-state index contributed by atoms with van der Waals surface area (Å²) in [4.78, 5) is 8.76. The van der Waals surface area contributed by atoms with Gasteiger partial charge < -0.3 is 25.2 Å². The second-order valence-electron chi connectivity index (χ2n) is 6.80. The molecule has 0 saturated carbocycles. The van der Waals surface area contributed by atoms with Gasteiger partial charge in [-0.2, -0.15) is 0 Å². The van der Waals surface area contributed by atoms with E-state index < -0.39 is 31.1 Å². The maximum Gasteiger partial charge on any atom is 0.192 e. The molecule has 0 unspecified atom stereocenters. The Kier molecular flexibility index (Phi) is 4.76. The molecule has 1 fully saturated rings. The molecule has 0 amide bonds. The Morgan fingerprint density at radius 2 is 1.73 bits per heavy atom. The van der Waals surface area contributed by atoms with Crippen LogP contribution in [0, 0.1) is 0 Å². The van der Waals surface area contributed by atoms with Gasteiger partial charge in [-0.15, -0.1) is 10.2 Å². The third-order valence-electron chi connectivity index (χ3n) is 5.04. The first-order chi connectivity index (χ1) is 14.4. The van der Waals surface area contributed by atoms with Crippen LogP contribution in [0.2, 0.25) is 0 Å². The van der Waals surface area contributed by atoms with E-state index >= 15 is 0 Å². The van der Waals surface area contributed by atoms with Gasteiger partial charge in [-0.3, -0.25) is 8.97 Å². The predicted molar refractivity (Wildman–Crippen MR) is 110 cm³/mol. The van der Waals surface area contributed by atoms with Gasteiger partial charge in [-0.05, 0) is 44.0 Å². The summed E-state index contributed by atoms with van der Waals surface area (Å²) in [5, 5.41) is 48.0. The number of hydrogen-bond acceptors (Lipinski definition) is 9. The minimum atomic E-state index is -1.25. The van der Waals surface area contributed by atoms with E-state index in [0.717, 1.165) is 0 Å². The highest BCUT2D eigenvalue weighted by atomic mass is 79.9. The van der Waals surface area contributed by atoms with Crippen molar-refractivity contribution in [3.05, 3.63) is 33.7 Å². The minimum absolute atomic E-state index is 0.0744. The molecule has 156 valence electrons. The van der Waals surface area contributed by atoms with E-state index in [4.69, 9.17) is 4.74 Å². The van der Waals surface area contributed by atoms with Crippen molar-refractivity contribution in [2.24, 2.45) is 0 Å². The van der Waals surface area contributed by atoms with Crippen LogP contribution in [0.4, 0.5) is 0 Å². The maximum absolute atomic E-state index is 10.3. The fraction of sp³-hybridized carbons (Fsp3) is 0.294. The van der Waals surface area contributed by atoms with Crippen molar-refractivity contribution < 1.29 is 25.2 Å². The number of phenolic OH excluding ortho intramolecular Hbond substituents is 1. The fourth-order valence-corrected chi connectivity index (χ4v) is 4.69. The molecular formula is C17H14Br2N6O5. The zero-order valence-corrected chi connectivity index (χ0v) is 18.1. The SMILES string of the molecule is OC[C@H]1O[C@@H](n2cnc3c2ncn2c(-c4cc(Br)c(O)c(Br)c4)nnc32)[C@H](O)[C@@H]1O. The largest absolute Gasteiger partial charge is 0.506 e. The molecule has 1 aliphatic heterocycles. The first kappa shape index (κ1) is 19.8. The summed E-state index contributed by atoms with van der Waals surface area (Å²) in [6.07, 6.45) is -1.40. The second kappa shape index (κ2) is 7.21. The van der Waals surface area contributed by atoms with Crippen molar-refractivity contribution in [3.8, 4) is 17.1 Å². The van der Waals surface area contributed by atoms with Crippen molar-refractivity contribution in [2.45, 2.75) is 24.5 Å². The van der Waals surface area contributed by atoms with Crippen molar-refractivity contribution in [1.82, 2.24) is 29.1 Å². The zero-order valence-electron chi connectivity index (χ0n) is 15.0. The van der Waals surface area contributed by atoms with Gasteiger partial charge in [0.25, 0.3) is 0 Å². The lowest BCUT2D eigenvalue weighted by Crippen LogP contribution is -2.33. The van der Waals surface area contributed by atoms with Crippen LogP contribution >= 0.6 is 31.9 Å². The first-order valence-electron chi connectivity index (χ1n) is 8.77. The van der Waals surface area contributed by atoms with Gasteiger partial charge in [0.2, 0.25) is 0 Å². The van der Waals surface area contributed by atoms with Crippen molar-refractivity contribution in [2.75, 3.05) is 6.61 Å². The molecule has 1 aliphatic rings. The number of phenols is 1. The number of aromatic nitrogens is 6. The number of benzene rings is 1. The molecule has 11 nitrogen and oxygen atoms in total. The summed E-state index contributed by atoms with van der Waals surface area (Å²) >= 11 is 6.61. The van der Waals surface area contributed by atoms with E-state index in [1.165, 1.54) is 17.2 Å². The summed E-state index contributed by atoms with van der Waals surface area (Å²) in [6.45, 7) is -0.426. The smallest absolute Gasteiger partial charge is 0.192 e. The van der Waals surface area contributed by atoms with E-state index in [9.17, 15) is 20.4 Å². The number of hydrogen-bond donors (Lipinski definition) is 4. The van der Waals surface area contributed by atoms with Gasteiger partial charge >= 0.3 is 0 Å².